The summed E-state index contributed by atoms with van der Waals surface area (Å²) in [5.41, 5.74) is 3.29. The molecule has 130 valence electrons. The fourth-order valence-corrected chi connectivity index (χ4v) is 3.76. The van der Waals surface area contributed by atoms with Crippen molar-refractivity contribution in [3.63, 3.8) is 0 Å². The highest BCUT2D eigenvalue weighted by Crippen LogP contribution is 2.43. The van der Waals surface area contributed by atoms with Crippen molar-refractivity contribution in [3.8, 4) is 22.6 Å². The fourth-order valence-electron chi connectivity index (χ4n) is 3.76. The van der Waals surface area contributed by atoms with Crippen LogP contribution in [0.1, 0.15) is 42.1 Å². The summed E-state index contributed by atoms with van der Waals surface area (Å²) < 4.78 is 11.6. The first-order valence-corrected chi connectivity index (χ1v) is 9.09. The van der Waals surface area contributed by atoms with Crippen molar-refractivity contribution in [2.75, 3.05) is 19.8 Å². The number of rotatable bonds is 6. The van der Waals surface area contributed by atoms with Crippen LogP contribution in [0.15, 0.2) is 36.4 Å². The van der Waals surface area contributed by atoms with E-state index in [4.69, 9.17) is 9.47 Å². The molecule has 0 aromatic heterocycles. The molecule has 1 fully saturated rings. The Balaban J connectivity index is 1.59. The minimum absolute atomic E-state index is 0.0504. The Morgan fingerprint density at radius 1 is 1.12 bits per heavy atom. The van der Waals surface area contributed by atoms with Crippen molar-refractivity contribution >= 4 is 5.78 Å². The maximum Gasteiger partial charge on any atom is 0.194 e. The molecule has 1 aliphatic carbocycles. The van der Waals surface area contributed by atoms with Gasteiger partial charge in [0.25, 0.3) is 0 Å². The molecule has 0 radical (unpaired) electrons. The quantitative estimate of drug-likeness (QED) is 0.743. The Morgan fingerprint density at radius 3 is 2.84 bits per heavy atom. The molecule has 1 unspecified atom stereocenters. The smallest absolute Gasteiger partial charge is 0.194 e. The molecule has 1 saturated heterocycles. The molecule has 1 atom stereocenters. The topological polar surface area (TPSA) is 47.6 Å². The van der Waals surface area contributed by atoms with Gasteiger partial charge in [-0.3, -0.25) is 4.79 Å². The van der Waals surface area contributed by atoms with E-state index in [0.717, 1.165) is 41.2 Å². The average Bonchev–Trinajstić information content (AvgIpc) is 3.23. The van der Waals surface area contributed by atoms with E-state index in [-0.39, 0.29) is 5.78 Å². The molecule has 1 N–H and O–H groups in total. The number of hydrogen-bond acceptors (Lipinski definition) is 4. The standard InChI is InChI=1S/C21H23NO3/c1-2-24-15-8-9-16-18(13-15)21(23)17-6-3-7-19(20(16)17)25-12-10-14-5-4-11-22-14/h3,6-9,13-14,22H,2,4-5,10-12H2,1H3. The molecule has 0 amide bonds. The number of nitrogens with one attached hydrogen (secondary N) is 1. The molecule has 4 rings (SSSR count). The molecule has 2 aliphatic rings. The van der Waals surface area contributed by atoms with Crippen LogP contribution in [0.4, 0.5) is 0 Å². The number of carbonyl (C=O) groups is 1. The molecule has 2 aromatic carbocycles. The Labute approximate surface area is 148 Å². The van der Waals surface area contributed by atoms with Gasteiger partial charge in [0.2, 0.25) is 0 Å². The third kappa shape index (κ3) is 3.02. The van der Waals surface area contributed by atoms with Gasteiger partial charge in [-0.25, -0.2) is 0 Å². The SMILES string of the molecule is CCOc1ccc2c(c1)C(=O)c1cccc(OCCC3CCCN3)c1-2. The minimum atomic E-state index is 0.0504. The van der Waals surface area contributed by atoms with Gasteiger partial charge in [-0.2, -0.15) is 0 Å². The second-order valence-corrected chi connectivity index (χ2v) is 6.58. The van der Waals surface area contributed by atoms with Crippen molar-refractivity contribution in [1.82, 2.24) is 5.32 Å². The zero-order chi connectivity index (χ0) is 17.2. The first kappa shape index (κ1) is 16.2. The van der Waals surface area contributed by atoms with E-state index in [2.05, 4.69) is 5.32 Å². The van der Waals surface area contributed by atoms with Crippen molar-refractivity contribution in [2.45, 2.75) is 32.2 Å². The minimum Gasteiger partial charge on any atom is -0.494 e. The molecule has 1 aliphatic heterocycles. The van der Waals surface area contributed by atoms with Gasteiger partial charge in [-0.05, 0) is 62.6 Å². The zero-order valence-electron chi connectivity index (χ0n) is 14.5. The summed E-state index contributed by atoms with van der Waals surface area (Å²) in [6.07, 6.45) is 3.46. The van der Waals surface area contributed by atoms with E-state index in [9.17, 15) is 4.79 Å². The lowest BCUT2D eigenvalue weighted by Crippen LogP contribution is -2.23. The van der Waals surface area contributed by atoms with Crippen LogP contribution in [0.25, 0.3) is 11.1 Å². The summed E-state index contributed by atoms with van der Waals surface area (Å²) in [6.45, 7) is 4.29. The maximum absolute atomic E-state index is 12.8. The molecule has 4 heteroatoms. The summed E-state index contributed by atoms with van der Waals surface area (Å²) >= 11 is 0. The number of ketones is 1. The van der Waals surface area contributed by atoms with Gasteiger partial charge < -0.3 is 14.8 Å². The summed E-state index contributed by atoms with van der Waals surface area (Å²) in [6, 6.07) is 12.0. The van der Waals surface area contributed by atoms with Crippen LogP contribution in [-0.4, -0.2) is 31.6 Å². The van der Waals surface area contributed by atoms with E-state index >= 15 is 0 Å². The Kier molecular flexibility index (Phi) is 4.45. The van der Waals surface area contributed by atoms with Gasteiger partial charge in [0.15, 0.2) is 5.78 Å². The largest absolute Gasteiger partial charge is 0.494 e. The van der Waals surface area contributed by atoms with E-state index < -0.39 is 0 Å². The first-order chi connectivity index (χ1) is 12.3. The molecule has 0 spiro atoms. The average molecular weight is 337 g/mol. The van der Waals surface area contributed by atoms with Gasteiger partial charge in [0.1, 0.15) is 11.5 Å². The van der Waals surface area contributed by atoms with Crippen LogP contribution >= 0.6 is 0 Å². The van der Waals surface area contributed by atoms with E-state index in [1.54, 1.807) is 0 Å². The molecular formula is C21H23NO3. The van der Waals surface area contributed by atoms with E-state index in [0.29, 0.717) is 24.8 Å². The highest BCUT2D eigenvalue weighted by atomic mass is 16.5. The van der Waals surface area contributed by atoms with Crippen LogP contribution in [0.2, 0.25) is 0 Å². The first-order valence-electron chi connectivity index (χ1n) is 9.09. The van der Waals surface area contributed by atoms with Crippen LogP contribution in [0.5, 0.6) is 11.5 Å². The second-order valence-electron chi connectivity index (χ2n) is 6.58. The molecule has 25 heavy (non-hydrogen) atoms. The zero-order valence-corrected chi connectivity index (χ0v) is 14.5. The predicted molar refractivity (Wildman–Crippen MR) is 97.6 cm³/mol. The van der Waals surface area contributed by atoms with Crippen LogP contribution in [0.3, 0.4) is 0 Å². The fraction of sp³-hybridized carbons (Fsp3) is 0.381. The number of fused-ring (bicyclic) bond motifs is 3. The van der Waals surface area contributed by atoms with Crippen molar-refractivity contribution in [2.24, 2.45) is 0 Å². The Morgan fingerprint density at radius 2 is 2.04 bits per heavy atom. The monoisotopic (exact) mass is 337 g/mol. The van der Waals surface area contributed by atoms with Crippen molar-refractivity contribution in [1.29, 1.82) is 0 Å². The van der Waals surface area contributed by atoms with Crippen molar-refractivity contribution < 1.29 is 14.3 Å². The van der Waals surface area contributed by atoms with Gasteiger partial charge >= 0.3 is 0 Å². The lowest BCUT2D eigenvalue weighted by molar-refractivity contribution is 0.104. The third-order valence-corrected chi connectivity index (χ3v) is 4.97. The molecule has 0 saturated carbocycles. The molecule has 4 nitrogen and oxygen atoms in total. The third-order valence-electron chi connectivity index (χ3n) is 4.97. The second kappa shape index (κ2) is 6.89. The highest BCUT2D eigenvalue weighted by Gasteiger charge is 2.30. The van der Waals surface area contributed by atoms with Crippen LogP contribution < -0.4 is 14.8 Å². The summed E-state index contributed by atoms with van der Waals surface area (Å²) in [7, 11) is 0. The van der Waals surface area contributed by atoms with Gasteiger partial charge in [-0.1, -0.05) is 12.1 Å². The number of ether oxygens (including phenoxy) is 2. The van der Waals surface area contributed by atoms with Crippen LogP contribution in [0, 0.1) is 0 Å². The number of hydrogen-bond donors (Lipinski definition) is 1. The normalized spacial score (nSPS) is 18.1. The van der Waals surface area contributed by atoms with Gasteiger partial charge in [0.05, 0.1) is 13.2 Å². The molecule has 0 bridgehead atoms. The molecular weight excluding hydrogens is 314 g/mol. The van der Waals surface area contributed by atoms with Gasteiger partial charge in [-0.15, -0.1) is 0 Å². The Bertz CT molecular complexity index is 794. The van der Waals surface area contributed by atoms with Gasteiger partial charge in [0, 0.05) is 22.7 Å². The lowest BCUT2D eigenvalue weighted by atomic mass is 10.0. The predicted octanol–water partition coefficient (Wildman–Crippen LogP) is 3.82. The lowest BCUT2D eigenvalue weighted by Gasteiger charge is -2.14. The van der Waals surface area contributed by atoms with Crippen LogP contribution in [-0.2, 0) is 0 Å². The van der Waals surface area contributed by atoms with E-state index in [1.807, 2.05) is 43.3 Å². The van der Waals surface area contributed by atoms with E-state index in [1.165, 1.54) is 12.8 Å². The maximum atomic E-state index is 12.8. The summed E-state index contributed by atoms with van der Waals surface area (Å²) in [5.74, 6) is 1.58. The number of benzene rings is 2. The number of carbonyl (C=O) groups excluding carboxylic acids is 1. The highest BCUT2D eigenvalue weighted by molar-refractivity contribution is 6.22. The Hall–Kier alpha value is -2.33. The molecule has 1 heterocycles. The van der Waals surface area contributed by atoms with Crippen molar-refractivity contribution in [3.05, 3.63) is 47.5 Å². The summed E-state index contributed by atoms with van der Waals surface area (Å²) in [4.78, 5) is 12.8. The summed E-state index contributed by atoms with van der Waals surface area (Å²) in [5, 5.41) is 3.49. The molecule has 2 aromatic rings.